The minimum atomic E-state index is -0.271. The number of hydrogen-bond donors (Lipinski definition) is 0. The second kappa shape index (κ2) is 9.45. The SMILES string of the molecule is CC(=O)Oc1cccc2c1CCC(Cc1coc(C(c3ccccc3)c3ccccc3)n1)C2. The normalized spacial score (nSPS) is 15.3. The van der Waals surface area contributed by atoms with Gasteiger partial charge in [0, 0.05) is 6.92 Å². The van der Waals surface area contributed by atoms with Crippen LogP contribution >= 0.6 is 0 Å². The van der Waals surface area contributed by atoms with Gasteiger partial charge >= 0.3 is 5.97 Å². The highest BCUT2D eigenvalue weighted by atomic mass is 16.5. The first kappa shape index (κ1) is 21.2. The molecule has 166 valence electrons. The summed E-state index contributed by atoms with van der Waals surface area (Å²) in [6.45, 7) is 1.45. The lowest BCUT2D eigenvalue weighted by atomic mass is 9.81. The summed E-state index contributed by atoms with van der Waals surface area (Å²) in [5.74, 6) is 1.62. The molecule has 0 N–H and O–H groups in total. The van der Waals surface area contributed by atoms with E-state index >= 15 is 0 Å². The monoisotopic (exact) mass is 437 g/mol. The highest BCUT2D eigenvalue weighted by molar-refractivity contribution is 5.70. The lowest BCUT2D eigenvalue weighted by molar-refractivity contribution is -0.131. The number of benzene rings is 3. The quantitative estimate of drug-likeness (QED) is 0.269. The largest absolute Gasteiger partial charge is 0.448 e. The summed E-state index contributed by atoms with van der Waals surface area (Å²) >= 11 is 0. The first-order chi connectivity index (χ1) is 16.2. The Labute approximate surface area is 194 Å². The lowest BCUT2D eigenvalue weighted by Crippen LogP contribution is -2.18. The standard InChI is InChI=1S/C29H27NO3/c1-20(31)33-27-14-8-13-24-17-21(15-16-26(24)27)18-25-19-32-29(30-25)28(22-9-4-2-5-10-22)23-11-6-3-7-12-23/h2-14,19,21,28H,15-18H2,1H3. The molecular formula is C29H27NO3. The average molecular weight is 438 g/mol. The van der Waals surface area contributed by atoms with Crippen molar-refractivity contribution in [2.45, 2.75) is 38.5 Å². The predicted octanol–water partition coefficient (Wildman–Crippen LogP) is 6.13. The van der Waals surface area contributed by atoms with Crippen molar-refractivity contribution in [2.24, 2.45) is 5.92 Å². The number of carbonyl (C=O) groups is 1. The van der Waals surface area contributed by atoms with E-state index in [2.05, 4.69) is 54.6 Å². The van der Waals surface area contributed by atoms with Gasteiger partial charge in [-0.2, -0.15) is 0 Å². The molecule has 0 fully saturated rings. The zero-order valence-electron chi connectivity index (χ0n) is 18.7. The van der Waals surface area contributed by atoms with Crippen LogP contribution < -0.4 is 4.74 Å². The van der Waals surface area contributed by atoms with Crippen LogP contribution in [0.4, 0.5) is 0 Å². The van der Waals surface area contributed by atoms with Crippen LogP contribution in [0.15, 0.2) is 89.5 Å². The number of nitrogens with zero attached hydrogens (tertiary/aromatic N) is 1. The van der Waals surface area contributed by atoms with Gasteiger partial charge in [-0.25, -0.2) is 4.98 Å². The summed E-state index contributed by atoms with van der Waals surface area (Å²) in [6.07, 6.45) is 5.59. The molecule has 4 heteroatoms. The van der Waals surface area contributed by atoms with E-state index in [-0.39, 0.29) is 11.9 Å². The third-order valence-electron chi connectivity index (χ3n) is 6.38. The summed E-state index contributed by atoms with van der Waals surface area (Å²) < 4.78 is 11.5. The first-order valence-electron chi connectivity index (χ1n) is 11.5. The minimum Gasteiger partial charge on any atom is -0.448 e. The van der Waals surface area contributed by atoms with E-state index in [1.807, 2.05) is 30.5 Å². The Kier molecular flexibility index (Phi) is 6.07. The minimum absolute atomic E-state index is 0.0282. The number of oxazole rings is 1. The Hall–Kier alpha value is -3.66. The molecule has 33 heavy (non-hydrogen) atoms. The van der Waals surface area contributed by atoms with E-state index in [1.165, 1.54) is 23.6 Å². The molecule has 5 rings (SSSR count). The molecule has 1 unspecified atom stereocenters. The molecule has 4 aromatic rings. The molecular weight excluding hydrogens is 410 g/mol. The van der Waals surface area contributed by atoms with E-state index < -0.39 is 0 Å². The molecule has 3 aromatic carbocycles. The summed E-state index contributed by atoms with van der Waals surface area (Å²) in [5, 5.41) is 0. The highest BCUT2D eigenvalue weighted by Gasteiger charge is 2.25. The van der Waals surface area contributed by atoms with Crippen LogP contribution in [0.25, 0.3) is 0 Å². The predicted molar refractivity (Wildman–Crippen MR) is 127 cm³/mol. The molecule has 1 atom stereocenters. The Bertz CT molecular complexity index is 1190. The van der Waals surface area contributed by atoms with E-state index in [1.54, 1.807) is 0 Å². The van der Waals surface area contributed by atoms with Gasteiger partial charge in [-0.1, -0.05) is 72.8 Å². The van der Waals surface area contributed by atoms with Gasteiger partial charge in [-0.3, -0.25) is 4.79 Å². The fourth-order valence-corrected chi connectivity index (χ4v) is 4.89. The molecule has 0 amide bonds. The maximum absolute atomic E-state index is 11.4. The molecule has 4 nitrogen and oxygen atoms in total. The molecule has 1 aliphatic rings. The maximum atomic E-state index is 11.4. The van der Waals surface area contributed by atoms with Crippen molar-refractivity contribution in [3.8, 4) is 5.75 Å². The summed E-state index contributed by atoms with van der Waals surface area (Å²) in [4.78, 5) is 16.4. The van der Waals surface area contributed by atoms with Gasteiger partial charge in [0.15, 0.2) is 0 Å². The topological polar surface area (TPSA) is 52.3 Å². The van der Waals surface area contributed by atoms with E-state index in [0.717, 1.165) is 42.8 Å². The van der Waals surface area contributed by atoms with Crippen molar-refractivity contribution in [1.29, 1.82) is 0 Å². The number of esters is 1. The third kappa shape index (κ3) is 4.75. The van der Waals surface area contributed by atoms with E-state index in [9.17, 15) is 4.79 Å². The molecule has 0 radical (unpaired) electrons. The van der Waals surface area contributed by atoms with Crippen molar-refractivity contribution >= 4 is 5.97 Å². The Balaban J connectivity index is 1.35. The first-order valence-corrected chi connectivity index (χ1v) is 11.5. The molecule has 0 spiro atoms. The van der Waals surface area contributed by atoms with Gasteiger partial charge in [0.25, 0.3) is 0 Å². The van der Waals surface area contributed by atoms with Crippen molar-refractivity contribution in [3.05, 3.63) is 119 Å². The fourth-order valence-electron chi connectivity index (χ4n) is 4.89. The second-order valence-electron chi connectivity index (χ2n) is 8.73. The fraction of sp³-hybridized carbons (Fsp3) is 0.241. The van der Waals surface area contributed by atoms with Gasteiger partial charge in [0.05, 0.1) is 11.6 Å². The van der Waals surface area contributed by atoms with Crippen LogP contribution in [-0.2, 0) is 24.1 Å². The van der Waals surface area contributed by atoms with Crippen LogP contribution in [-0.4, -0.2) is 11.0 Å². The summed E-state index contributed by atoms with van der Waals surface area (Å²) in [7, 11) is 0. The Morgan fingerprint density at radius 3 is 2.36 bits per heavy atom. The summed E-state index contributed by atoms with van der Waals surface area (Å²) in [6, 6.07) is 26.8. The number of ether oxygens (including phenoxy) is 1. The van der Waals surface area contributed by atoms with E-state index in [4.69, 9.17) is 14.1 Å². The van der Waals surface area contributed by atoms with Gasteiger partial charge in [-0.15, -0.1) is 0 Å². The molecule has 1 heterocycles. The molecule has 1 aliphatic carbocycles. The van der Waals surface area contributed by atoms with Crippen LogP contribution in [0.5, 0.6) is 5.75 Å². The highest BCUT2D eigenvalue weighted by Crippen LogP contribution is 2.35. The summed E-state index contributed by atoms with van der Waals surface area (Å²) in [5.41, 5.74) is 5.76. The van der Waals surface area contributed by atoms with Crippen molar-refractivity contribution in [3.63, 3.8) is 0 Å². The number of hydrogen-bond acceptors (Lipinski definition) is 4. The van der Waals surface area contributed by atoms with Crippen molar-refractivity contribution in [1.82, 2.24) is 4.98 Å². The maximum Gasteiger partial charge on any atom is 0.308 e. The molecule has 0 bridgehead atoms. The Morgan fingerprint density at radius 2 is 1.70 bits per heavy atom. The molecule has 0 saturated carbocycles. The molecule has 1 aromatic heterocycles. The zero-order valence-corrected chi connectivity index (χ0v) is 18.7. The Morgan fingerprint density at radius 1 is 1.00 bits per heavy atom. The van der Waals surface area contributed by atoms with Crippen LogP contribution in [0.1, 0.15) is 53.1 Å². The van der Waals surface area contributed by atoms with Gasteiger partial charge < -0.3 is 9.15 Å². The van der Waals surface area contributed by atoms with E-state index in [0.29, 0.717) is 11.7 Å². The zero-order chi connectivity index (χ0) is 22.6. The third-order valence-corrected chi connectivity index (χ3v) is 6.38. The molecule has 0 aliphatic heterocycles. The number of aromatic nitrogens is 1. The van der Waals surface area contributed by atoms with Gasteiger partial charge in [0.2, 0.25) is 5.89 Å². The second-order valence-corrected chi connectivity index (χ2v) is 8.73. The van der Waals surface area contributed by atoms with Crippen LogP contribution in [0.2, 0.25) is 0 Å². The number of carbonyl (C=O) groups excluding carboxylic acids is 1. The van der Waals surface area contributed by atoms with Gasteiger partial charge in [0.1, 0.15) is 12.0 Å². The van der Waals surface area contributed by atoms with Crippen molar-refractivity contribution < 1.29 is 13.9 Å². The van der Waals surface area contributed by atoms with Gasteiger partial charge in [-0.05, 0) is 59.9 Å². The van der Waals surface area contributed by atoms with Crippen LogP contribution in [0, 0.1) is 5.92 Å². The molecule has 0 saturated heterocycles. The lowest BCUT2D eigenvalue weighted by Gasteiger charge is -2.25. The van der Waals surface area contributed by atoms with Crippen LogP contribution in [0.3, 0.4) is 0 Å². The average Bonchev–Trinajstić information content (AvgIpc) is 3.28. The number of rotatable bonds is 6. The van der Waals surface area contributed by atoms with Crippen molar-refractivity contribution in [2.75, 3.05) is 0 Å². The smallest absolute Gasteiger partial charge is 0.308 e. The number of fused-ring (bicyclic) bond motifs is 1.